The highest BCUT2D eigenvalue weighted by atomic mass is 19.3. The van der Waals surface area contributed by atoms with E-state index in [1.807, 2.05) is 5.10 Å². The number of nitrogens with zero attached hydrogens (tertiary/aromatic N) is 2. The fraction of sp³-hybridized carbons (Fsp3) is 0.250. The van der Waals surface area contributed by atoms with Crippen LogP contribution in [0.2, 0.25) is 0 Å². The van der Waals surface area contributed by atoms with Crippen LogP contribution in [-0.4, -0.2) is 15.2 Å². The number of aromatic amines is 1. The molecule has 0 aliphatic carbocycles. The van der Waals surface area contributed by atoms with Crippen molar-refractivity contribution in [1.82, 2.24) is 15.2 Å². The summed E-state index contributed by atoms with van der Waals surface area (Å²) in [5.74, 6) is 0. The number of hydrogen-bond acceptors (Lipinski definition) is 3. The fourth-order valence-corrected chi connectivity index (χ4v) is 0.430. The third kappa shape index (κ3) is 1.34. The van der Waals surface area contributed by atoms with E-state index in [0.29, 0.717) is 0 Å². The van der Waals surface area contributed by atoms with Crippen LogP contribution in [0, 0.1) is 0 Å². The van der Waals surface area contributed by atoms with Gasteiger partial charge in [-0.3, -0.25) is 0 Å². The van der Waals surface area contributed by atoms with Gasteiger partial charge < -0.3 is 0 Å². The van der Waals surface area contributed by atoms with Gasteiger partial charge >= 0.3 is 5.69 Å². The third-order valence-corrected chi connectivity index (χ3v) is 0.811. The molecule has 0 aliphatic heterocycles. The Bertz CT molecular complexity index is 271. The number of H-pyrrole nitrogens is 1. The molecule has 4 nitrogen and oxygen atoms in total. The third-order valence-electron chi connectivity index (χ3n) is 0.811. The SMILES string of the molecule is O=c1nc(C(F)F)cn[nH]1. The lowest BCUT2D eigenvalue weighted by Crippen LogP contribution is -2.13. The molecule has 0 bridgehead atoms. The maximum absolute atomic E-state index is 11.7. The van der Waals surface area contributed by atoms with Crippen LogP contribution in [0.3, 0.4) is 0 Å². The van der Waals surface area contributed by atoms with Gasteiger partial charge in [-0.2, -0.15) is 10.1 Å². The van der Waals surface area contributed by atoms with E-state index in [0.717, 1.165) is 6.20 Å². The Hall–Kier alpha value is -1.33. The maximum atomic E-state index is 11.7. The van der Waals surface area contributed by atoms with Crippen LogP contribution in [-0.2, 0) is 0 Å². The molecule has 1 N–H and O–H groups in total. The summed E-state index contributed by atoms with van der Waals surface area (Å²) in [5.41, 5.74) is -1.47. The van der Waals surface area contributed by atoms with E-state index in [9.17, 15) is 13.6 Å². The minimum atomic E-state index is -2.74. The average molecular weight is 147 g/mol. The zero-order valence-corrected chi connectivity index (χ0v) is 4.71. The van der Waals surface area contributed by atoms with Crippen molar-refractivity contribution in [2.24, 2.45) is 0 Å². The highest BCUT2D eigenvalue weighted by Gasteiger charge is 2.08. The highest BCUT2D eigenvalue weighted by molar-refractivity contribution is 4.92. The van der Waals surface area contributed by atoms with Crippen LogP contribution in [0.15, 0.2) is 11.0 Å². The lowest BCUT2D eigenvalue weighted by molar-refractivity contribution is 0.145. The van der Waals surface area contributed by atoms with Crippen molar-refractivity contribution in [1.29, 1.82) is 0 Å². The molecular weight excluding hydrogens is 144 g/mol. The monoisotopic (exact) mass is 147 g/mol. The Balaban J connectivity index is 3.07. The molecule has 0 atom stereocenters. The predicted octanol–water partition coefficient (Wildman–Crippen LogP) is 0.102. The van der Waals surface area contributed by atoms with E-state index in [2.05, 4.69) is 10.1 Å². The number of nitrogens with one attached hydrogen (secondary N) is 1. The summed E-state index contributed by atoms with van der Waals surface area (Å²) in [6.45, 7) is 0. The smallest absolute Gasteiger partial charge is 0.244 e. The van der Waals surface area contributed by atoms with Crippen molar-refractivity contribution in [2.75, 3.05) is 0 Å². The normalized spacial score (nSPS) is 10.3. The molecule has 0 aromatic carbocycles. The van der Waals surface area contributed by atoms with E-state index in [-0.39, 0.29) is 0 Å². The summed E-state index contributed by atoms with van der Waals surface area (Å²) in [7, 11) is 0. The van der Waals surface area contributed by atoms with Gasteiger partial charge in [-0.25, -0.2) is 18.7 Å². The summed E-state index contributed by atoms with van der Waals surface area (Å²) in [4.78, 5) is 13.2. The molecule has 10 heavy (non-hydrogen) atoms. The van der Waals surface area contributed by atoms with E-state index in [1.54, 1.807) is 0 Å². The standard InChI is InChI=1S/C4H3F2N3O/c5-3(6)2-1-7-9-4(10)8-2/h1,3H,(H,8,9,10). The summed E-state index contributed by atoms with van der Waals surface area (Å²) in [6, 6.07) is 0. The van der Waals surface area contributed by atoms with E-state index >= 15 is 0 Å². The van der Waals surface area contributed by atoms with Crippen molar-refractivity contribution in [3.63, 3.8) is 0 Å². The maximum Gasteiger partial charge on any atom is 0.361 e. The summed E-state index contributed by atoms with van der Waals surface area (Å²) in [6.07, 6.45) is -1.93. The van der Waals surface area contributed by atoms with E-state index in [1.165, 1.54) is 0 Å². The Morgan fingerprint density at radius 1 is 1.60 bits per heavy atom. The van der Waals surface area contributed by atoms with Crippen molar-refractivity contribution >= 4 is 0 Å². The Kier molecular flexibility index (Phi) is 1.70. The molecule has 0 aliphatic rings. The first-order chi connectivity index (χ1) is 4.70. The molecule has 0 unspecified atom stereocenters. The van der Waals surface area contributed by atoms with Gasteiger partial charge in [-0.1, -0.05) is 0 Å². The second kappa shape index (κ2) is 2.51. The quantitative estimate of drug-likeness (QED) is 0.612. The van der Waals surface area contributed by atoms with Crippen LogP contribution < -0.4 is 5.69 Å². The molecule has 0 saturated heterocycles. The summed E-state index contributed by atoms with van der Waals surface area (Å²) in [5, 5.41) is 5.00. The molecule has 6 heteroatoms. The molecule has 1 aromatic heterocycles. The lowest BCUT2D eigenvalue weighted by atomic mass is 10.5. The molecular formula is C4H3F2N3O. The first kappa shape index (κ1) is 6.79. The lowest BCUT2D eigenvalue weighted by Gasteiger charge is -1.92. The number of aromatic nitrogens is 3. The van der Waals surface area contributed by atoms with Gasteiger partial charge in [0.2, 0.25) is 0 Å². The molecule has 0 radical (unpaired) electrons. The number of hydrogen-bond donors (Lipinski definition) is 1. The predicted molar refractivity (Wildman–Crippen MR) is 27.6 cm³/mol. The zero-order chi connectivity index (χ0) is 7.56. The van der Waals surface area contributed by atoms with Crippen molar-refractivity contribution < 1.29 is 8.78 Å². The number of alkyl halides is 2. The molecule has 54 valence electrons. The van der Waals surface area contributed by atoms with Gasteiger partial charge in [0.05, 0.1) is 6.20 Å². The first-order valence-electron chi connectivity index (χ1n) is 2.40. The van der Waals surface area contributed by atoms with Gasteiger partial charge in [-0.15, -0.1) is 0 Å². The van der Waals surface area contributed by atoms with Gasteiger partial charge in [0.1, 0.15) is 5.69 Å². The minimum absolute atomic E-state index is 0.608. The summed E-state index contributed by atoms with van der Waals surface area (Å²) >= 11 is 0. The van der Waals surface area contributed by atoms with Crippen LogP contribution in [0.1, 0.15) is 12.1 Å². The van der Waals surface area contributed by atoms with Crippen LogP contribution in [0.25, 0.3) is 0 Å². The van der Waals surface area contributed by atoms with Gasteiger partial charge in [0, 0.05) is 0 Å². The second-order valence-electron chi connectivity index (χ2n) is 1.51. The molecule has 0 saturated carbocycles. The highest BCUT2D eigenvalue weighted by Crippen LogP contribution is 2.11. The van der Waals surface area contributed by atoms with Crippen molar-refractivity contribution in [2.45, 2.75) is 6.43 Å². The van der Waals surface area contributed by atoms with E-state index < -0.39 is 17.8 Å². The van der Waals surface area contributed by atoms with Crippen molar-refractivity contribution in [3.8, 4) is 0 Å². The molecule has 0 amide bonds. The van der Waals surface area contributed by atoms with Crippen LogP contribution >= 0.6 is 0 Å². The van der Waals surface area contributed by atoms with Crippen LogP contribution in [0.4, 0.5) is 8.78 Å². The second-order valence-corrected chi connectivity index (χ2v) is 1.51. The average Bonchev–Trinajstić information content (AvgIpc) is 1.88. The minimum Gasteiger partial charge on any atom is -0.244 e. The Morgan fingerprint density at radius 2 is 2.30 bits per heavy atom. The summed E-state index contributed by atoms with van der Waals surface area (Å²) < 4.78 is 23.4. The number of halogens is 2. The Labute approximate surface area is 53.9 Å². The molecule has 1 rings (SSSR count). The fourth-order valence-electron chi connectivity index (χ4n) is 0.430. The number of rotatable bonds is 1. The van der Waals surface area contributed by atoms with Crippen molar-refractivity contribution in [3.05, 3.63) is 22.4 Å². The molecule has 0 spiro atoms. The largest absolute Gasteiger partial charge is 0.361 e. The first-order valence-corrected chi connectivity index (χ1v) is 2.40. The van der Waals surface area contributed by atoms with Gasteiger partial charge in [0.15, 0.2) is 0 Å². The molecule has 1 aromatic rings. The molecule has 0 fully saturated rings. The van der Waals surface area contributed by atoms with Gasteiger partial charge in [-0.05, 0) is 0 Å². The van der Waals surface area contributed by atoms with Crippen LogP contribution in [0.5, 0.6) is 0 Å². The molecule has 1 heterocycles. The topological polar surface area (TPSA) is 58.6 Å². The van der Waals surface area contributed by atoms with Gasteiger partial charge in [0.25, 0.3) is 6.43 Å². The zero-order valence-electron chi connectivity index (χ0n) is 4.71. The van der Waals surface area contributed by atoms with E-state index in [4.69, 9.17) is 0 Å². The Morgan fingerprint density at radius 3 is 2.70 bits per heavy atom.